The Balaban J connectivity index is 2.29. The van der Waals surface area contributed by atoms with Crippen molar-refractivity contribution in [2.24, 2.45) is 11.8 Å². The van der Waals surface area contributed by atoms with Crippen molar-refractivity contribution in [3.05, 3.63) is 0 Å². The van der Waals surface area contributed by atoms with E-state index in [-0.39, 0.29) is 23.9 Å². The van der Waals surface area contributed by atoms with Crippen LogP contribution in [0.2, 0.25) is 0 Å². The Morgan fingerprint density at radius 3 is 2.28 bits per heavy atom. The molecule has 0 bridgehead atoms. The number of nitrogens with one attached hydrogen (secondary N) is 1. The molecule has 4 nitrogen and oxygen atoms in total. The zero-order valence-corrected chi connectivity index (χ0v) is 11.9. The molecule has 1 rings (SSSR count). The quantitative estimate of drug-likeness (QED) is 0.741. The largest absolute Gasteiger partial charge is 0.461 e. The molecule has 2 atom stereocenters. The Morgan fingerprint density at radius 1 is 1.22 bits per heavy atom. The second-order valence-electron chi connectivity index (χ2n) is 5.74. The monoisotopic (exact) mass is 255 g/mol. The van der Waals surface area contributed by atoms with Gasteiger partial charge in [0, 0.05) is 5.92 Å². The highest BCUT2D eigenvalue weighted by molar-refractivity contribution is 5.85. The van der Waals surface area contributed by atoms with Gasteiger partial charge < -0.3 is 10.1 Å². The first-order valence-corrected chi connectivity index (χ1v) is 6.91. The molecular formula is C14H25NO3. The lowest BCUT2D eigenvalue weighted by molar-refractivity contribution is -0.152. The van der Waals surface area contributed by atoms with Crippen molar-refractivity contribution >= 4 is 11.9 Å². The number of rotatable bonds is 6. The molecule has 0 saturated heterocycles. The third-order valence-corrected chi connectivity index (χ3v) is 3.31. The predicted octanol–water partition coefficient (Wildman–Crippen LogP) is 2.27. The maximum atomic E-state index is 11.8. The summed E-state index contributed by atoms with van der Waals surface area (Å²) in [6.07, 6.45) is 3.74. The minimum absolute atomic E-state index is 0.0118. The summed E-state index contributed by atoms with van der Waals surface area (Å²) in [6, 6.07) is -0.548. The van der Waals surface area contributed by atoms with Crippen molar-refractivity contribution in [1.82, 2.24) is 5.32 Å². The molecule has 0 unspecified atom stereocenters. The first-order valence-electron chi connectivity index (χ1n) is 6.91. The molecule has 1 N–H and O–H groups in total. The molecule has 0 aromatic carbocycles. The van der Waals surface area contributed by atoms with E-state index in [9.17, 15) is 9.59 Å². The summed E-state index contributed by atoms with van der Waals surface area (Å²) < 4.78 is 5.30. The second kappa shape index (κ2) is 6.76. The van der Waals surface area contributed by atoms with Crippen LogP contribution in [0.25, 0.3) is 0 Å². The highest BCUT2D eigenvalue weighted by atomic mass is 16.5. The molecule has 1 fully saturated rings. The van der Waals surface area contributed by atoms with Gasteiger partial charge in [0.25, 0.3) is 0 Å². The molecule has 0 aromatic heterocycles. The SMILES string of the molecule is CC(C)C[C@@H](C)OC(=O)[C@@H](C)NC(=O)C1CCC1. The fourth-order valence-electron chi connectivity index (χ4n) is 2.07. The van der Waals surface area contributed by atoms with Crippen molar-refractivity contribution in [2.75, 3.05) is 0 Å². The van der Waals surface area contributed by atoms with Gasteiger partial charge >= 0.3 is 5.97 Å². The van der Waals surface area contributed by atoms with Gasteiger partial charge in [0.2, 0.25) is 5.91 Å². The van der Waals surface area contributed by atoms with Crippen LogP contribution < -0.4 is 5.32 Å². The number of ether oxygens (including phenoxy) is 1. The third-order valence-electron chi connectivity index (χ3n) is 3.31. The van der Waals surface area contributed by atoms with E-state index in [1.165, 1.54) is 0 Å². The average molecular weight is 255 g/mol. The number of amides is 1. The summed E-state index contributed by atoms with van der Waals surface area (Å²) in [6.45, 7) is 7.75. The molecule has 104 valence electrons. The van der Waals surface area contributed by atoms with Crippen molar-refractivity contribution in [2.45, 2.75) is 65.5 Å². The highest BCUT2D eigenvalue weighted by Gasteiger charge is 2.28. The summed E-state index contributed by atoms with van der Waals surface area (Å²) in [5.41, 5.74) is 0. The Hall–Kier alpha value is -1.06. The summed E-state index contributed by atoms with van der Waals surface area (Å²) in [4.78, 5) is 23.4. The minimum atomic E-state index is -0.548. The van der Waals surface area contributed by atoms with Crippen LogP contribution in [0.3, 0.4) is 0 Å². The predicted molar refractivity (Wildman–Crippen MR) is 70.0 cm³/mol. The molecule has 1 aliphatic rings. The molecule has 1 amide bonds. The molecule has 0 spiro atoms. The van der Waals surface area contributed by atoms with E-state index in [0.29, 0.717) is 5.92 Å². The lowest BCUT2D eigenvalue weighted by atomic mass is 9.84. The van der Waals surface area contributed by atoms with E-state index in [2.05, 4.69) is 19.2 Å². The lowest BCUT2D eigenvalue weighted by Crippen LogP contribution is -2.44. The van der Waals surface area contributed by atoms with Crippen LogP contribution in [0.4, 0.5) is 0 Å². The van der Waals surface area contributed by atoms with E-state index in [4.69, 9.17) is 4.74 Å². The van der Waals surface area contributed by atoms with Crippen molar-refractivity contribution in [1.29, 1.82) is 0 Å². The standard InChI is InChI=1S/C14H25NO3/c1-9(2)8-10(3)18-14(17)11(4)15-13(16)12-6-5-7-12/h9-12H,5-8H2,1-4H3,(H,15,16)/t10-,11-/m1/s1. The molecule has 0 aromatic rings. The van der Waals surface area contributed by atoms with E-state index >= 15 is 0 Å². The summed E-state index contributed by atoms with van der Waals surface area (Å²) in [5, 5.41) is 2.73. The Morgan fingerprint density at radius 2 is 1.83 bits per heavy atom. The van der Waals surface area contributed by atoms with Gasteiger partial charge in [0.1, 0.15) is 6.04 Å². The molecule has 0 radical (unpaired) electrons. The summed E-state index contributed by atoms with van der Waals surface area (Å²) in [5.74, 6) is 0.249. The molecule has 1 saturated carbocycles. The van der Waals surface area contributed by atoms with Gasteiger partial charge in [-0.15, -0.1) is 0 Å². The molecule has 0 aliphatic heterocycles. The average Bonchev–Trinajstić information content (AvgIpc) is 2.12. The van der Waals surface area contributed by atoms with Gasteiger partial charge in [0.05, 0.1) is 6.10 Å². The normalized spacial score (nSPS) is 18.9. The highest BCUT2D eigenvalue weighted by Crippen LogP contribution is 2.26. The number of carbonyl (C=O) groups is 2. The maximum absolute atomic E-state index is 11.8. The molecule has 18 heavy (non-hydrogen) atoms. The Labute approximate surface area is 109 Å². The van der Waals surface area contributed by atoms with Crippen LogP contribution in [-0.2, 0) is 14.3 Å². The molecule has 4 heteroatoms. The Kier molecular flexibility index (Phi) is 5.63. The number of hydrogen-bond donors (Lipinski definition) is 1. The molecular weight excluding hydrogens is 230 g/mol. The van der Waals surface area contributed by atoms with Gasteiger partial charge in [-0.2, -0.15) is 0 Å². The first-order chi connectivity index (χ1) is 8.40. The van der Waals surface area contributed by atoms with E-state index in [0.717, 1.165) is 25.7 Å². The zero-order chi connectivity index (χ0) is 13.7. The number of carbonyl (C=O) groups excluding carboxylic acids is 2. The van der Waals surface area contributed by atoms with Gasteiger partial charge in [-0.05, 0) is 39.0 Å². The van der Waals surface area contributed by atoms with Gasteiger partial charge in [-0.25, -0.2) is 4.79 Å². The smallest absolute Gasteiger partial charge is 0.328 e. The van der Waals surface area contributed by atoms with Crippen molar-refractivity contribution < 1.29 is 14.3 Å². The third kappa shape index (κ3) is 4.67. The number of hydrogen-bond acceptors (Lipinski definition) is 3. The van der Waals surface area contributed by atoms with E-state index in [1.807, 2.05) is 6.92 Å². The zero-order valence-electron chi connectivity index (χ0n) is 11.9. The topological polar surface area (TPSA) is 55.4 Å². The van der Waals surface area contributed by atoms with Gasteiger partial charge in [-0.1, -0.05) is 20.3 Å². The number of esters is 1. The molecule has 1 aliphatic carbocycles. The van der Waals surface area contributed by atoms with Gasteiger partial charge in [0.15, 0.2) is 0 Å². The second-order valence-corrected chi connectivity index (χ2v) is 5.74. The minimum Gasteiger partial charge on any atom is -0.461 e. The molecule has 0 heterocycles. The first kappa shape index (κ1) is 15.0. The van der Waals surface area contributed by atoms with E-state index in [1.54, 1.807) is 6.92 Å². The fraction of sp³-hybridized carbons (Fsp3) is 0.857. The van der Waals surface area contributed by atoms with Crippen LogP contribution in [0.1, 0.15) is 53.4 Å². The lowest BCUT2D eigenvalue weighted by Gasteiger charge is -2.26. The van der Waals surface area contributed by atoms with Gasteiger partial charge in [-0.3, -0.25) is 4.79 Å². The Bertz CT molecular complexity index is 297. The van der Waals surface area contributed by atoms with Crippen LogP contribution in [0, 0.1) is 11.8 Å². The van der Waals surface area contributed by atoms with Crippen molar-refractivity contribution in [3.8, 4) is 0 Å². The summed E-state index contributed by atoms with van der Waals surface area (Å²) in [7, 11) is 0. The van der Waals surface area contributed by atoms with Crippen LogP contribution in [-0.4, -0.2) is 24.0 Å². The van der Waals surface area contributed by atoms with E-state index < -0.39 is 6.04 Å². The van der Waals surface area contributed by atoms with Crippen LogP contribution in [0.5, 0.6) is 0 Å². The fourth-order valence-corrected chi connectivity index (χ4v) is 2.07. The summed E-state index contributed by atoms with van der Waals surface area (Å²) >= 11 is 0. The van der Waals surface area contributed by atoms with Crippen molar-refractivity contribution in [3.63, 3.8) is 0 Å². The maximum Gasteiger partial charge on any atom is 0.328 e. The van der Waals surface area contributed by atoms with Crippen LogP contribution in [0.15, 0.2) is 0 Å². The van der Waals surface area contributed by atoms with Crippen LogP contribution >= 0.6 is 0 Å².